The van der Waals surface area contributed by atoms with Crippen LogP contribution in [0.15, 0.2) is 30.3 Å². The average Bonchev–Trinajstić information content (AvgIpc) is 2.44. The van der Waals surface area contributed by atoms with E-state index in [1.54, 1.807) is 0 Å². The highest BCUT2D eigenvalue weighted by Crippen LogP contribution is 2.01. The van der Waals surface area contributed by atoms with Crippen LogP contribution in [-0.2, 0) is 11.2 Å². The highest BCUT2D eigenvalue weighted by molar-refractivity contribution is 5.81. The maximum absolute atomic E-state index is 11.8. The van der Waals surface area contributed by atoms with Crippen LogP contribution >= 0.6 is 0 Å². The second-order valence-corrected chi connectivity index (χ2v) is 5.74. The van der Waals surface area contributed by atoms with E-state index in [0.717, 1.165) is 32.4 Å². The predicted octanol–water partition coefficient (Wildman–Crippen LogP) is 2.76. The summed E-state index contributed by atoms with van der Waals surface area (Å²) in [6.45, 7) is 7.89. The Morgan fingerprint density at radius 1 is 1.10 bits per heavy atom. The summed E-state index contributed by atoms with van der Waals surface area (Å²) in [6, 6.07) is 10.3. The summed E-state index contributed by atoms with van der Waals surface area (Å²) < 4.78 is 0. The summed E-state index contributed by atoms with van der Waals surface area (Å²) in [5.74, 6) is 0.731. The van der Waals surface area contributed by atoms with E-state index in [2.05, 4.69) is 48.7 Å². The first kappa shape index (κ1) is 16.7. The third-order valence-electron chi connectivity index (χ3n) is 3.35. The lowest BCUT2D eigenvalue weighted by atomic mass is 10.1. The quantitative estimate of drug-likeness (QED) is 0.681. The Kier molecular flexibility index (Phi) is 7.97. The molecule has 1 atom stereocenters. The summed E-state index contributed by atoms with van der Waals surface area (Å²) in [6.07, 6.45) is 3.13. The van der Waals surface area contributed by atoms with Gasteiger partial charge in [-0.25, -0.2) is 0 Å². The lowest BCUT2D eigenvalue weighted by Gasteiger charge is -2.14. The lowest BCUT2D eigenvalue weighted by Crippen LogP contribution is -2.43. The second-order valence-electron chi connectivity index (χ2n) is 5.74. The Balaban J connectivity index is 2.10. The van der Waals surface area contributed by atoms with E-state index in [4.69, 9.17) is 0 Å². The third-order valence-corrected chi connectivity index (χ3v) is 3.35. The summed E-state index contributed by atoms with van der Waals surface area (Å²) in [4.78, 5) is 11.8. The van der Waals surface area contributed by atoms with Crippen molar-refractivity contribution in [1.82, 2.24) is 10.6 Å². The van der Waals surface area contributed by atoms with Crippen LogP contribution in [0.2, 0.25) is 0 Å². The van der Waals surface area contributed by atoms with Gasteiger partial charge in [-0.15, -0.1) is 0 Å². The smallest absolute Gasteiger partial charge is 0.236 e. The Bertz CT molecular complexity index is 376. The van der Waals surface area contributed by atoms with Gasteiger partial charge in [-0.2, -0.15) is 0 Å². The van der Waals surface area contributed by atoms with E-state index in [-0.39, 0.29) is 11.9 Å². The fourth-order valence-electron chi connectivity index (χ4n) is 1.99. The maximum Gasteiger partial charge on any atom is 0.236 e. The van der Waals surface area contributed by atoms with Gasteiger partial charge >= 0.3 is 0 Å². The molecule has 0 spiro atoms. The van der Waals surface area contributed by atoms with Crippen molar-refractivity contribution in [2.45, 2.75) is 46.1 Å². The van der Waals surface area contributed by atoms with Crippen LogP contribution in [-0.4, -0.2) is 25.0 Å². The van der Waals surface area contributed by atoms with E-state index in [0.29, 0.717) is 5.92 Å². The van der Waals surface area contributed by atoms with Crippen LogP contribution in [0.4, 0.5) is 0 Å². The molecule has 3 heteroatoms. The Labute approximate surface area is 123 Å². The topological polar surface area (TPSA) is 41.1 Å². The van der Waals surface area contributed by atoms with Gasteiger partial charge < -0.3 is 10.6 Å². The molecule has 1 unspecified atom stereocenters. The number of hydrogen-bond donors (Lipinski definition) is 2. The van der Waals surface area contributed by atoms with E-state index < -0.39 is 0 Å². The van der Waals surface area contributed by atoms with E-state index >= 15 is 0 Å². The first-order valence-electron chi connectivity index (χ1n) is 7.64. The molecule has 1 amide bonds. The summed E-state index contributed by atoms with van der Waals surface area (Å²) in [5.41, 5.74) is 1.35. The molecule has 0 aliphatic carbocycles. The zero-order valence-electron chi connectivity index (χ0n) is 13.0. The van der Waals surface area contributed by atoms with Gasteiger partial charge in [-0.1, -0.05) is 44.2 Å². The highest BCUT2D eigenvalue weighted by Gasteiger charge is 2.10. The monoisotopic (exact) mass is 276 g/mol. The minimum Gasteiger partial charge on any atom is -0.355 e. The van der Waals surface area contributed by atoms with Crippen LogP contribution in [0.5, 0.6) is 0 Å². The maximum atomic E-state index is 11.8. The molecule has 0 fully saturated rings. The molecular formula is C17H28N2O. The van der Waals surface area contributed by atoms with Gasteiger partial charge in [0.1, 0.15) is 0 Å². The molecule has 0 saturated heterocycles. The molecule has 112 valence electrons. The van der Waals surface area contributed by atoms with Gasteiger partial charge in [0.2, 0.25) is 5.91 Å². The number of aryl methyl sites for hydroxylation is 1. The molecule has 0 aliphatic heterocycles. The molecule has 20 heavy (non-hydrogen) atoms. The minimum atomic E-state index is -0.113. The van der Waals surface area contributed by atoms with E-state index in [1.807, 2.05) is 13.0 Å². The molecule has 1 aromatic carbocycles. The van der Waals surface area contributed by atoms with Gasteiger partial charge in [0, 0.05) is 6.54 Å². The van der Waals surface area contributed by atoms with Crippen molar-refractivity contribution >= 4 is 5.91 Å². The average molecular weight is 276 g/mol. The molecule has 1 aromatic rings. The Morgan fingerprint density at radius 2 is 1.80 bits per heavy atom. The first-order valence-corrected chi connectivity index (χ1v) is 7.64. The summed E-state index contributed by atoms with van der Waals surface area (Å²) in [7, 11) is 0. The molecule has 2 N–H and O–H groups in total. The molecule has 3 nitrogen and oxygen atoms in total. The first-order chi connectivity index (χ1) is 9.59. The lowest BCUT2D eigenvalue weighted by molar-refractivity contribution is -0.122. The Hall–Kier alpha value is -1.35. The molecule has 0 aliphatic rings. The van der Waals surface area contributed by atoms with Crippen LogP contribution in [0, 0.1) is 5.92 Å². The minimum absolute atomic E-state index is 0.102. The zero-order valence-corrected chi connectivity index (χ0v) is 13.0. The number of amides is 1. The van der Waals surface area contributed by atoms with Crippen LogP contribution in [0.3, 0.4) is 0 Å². The molecule has 0 heterocycles. The summed E-state index contributed by atoms with van der Waals surface area (Å²) >= 11 is 0. The predicted molar refractivity (Wildman–Crippen MR) is 84.7 cm³/mol. The van der Waals surface area contributed by atoms with Gasteiger partial charge in [0.25, 0.3) is 0 Å². The van der Waals surface area contributed by atoms with Crippen molar-refractivity contribution in [2.24, 2.45) is 5.92 Å². The van der Waals surface area contributed by atoms with Gasteiger partial charge in [0.05, 0.1) is 6.04 Å². The number of carbonyl (C=O) groups excluding carboxylic acids is 1. The number of carbonyl (C=O) groups is 1. The fourth-order valence-corrected chi connectivity index (χ4v) is 1.99. The van der Waals surface area contributed by atoms with E-state index in [1.165, 1.54) is 5.56 Å². The summed E-state index contributed by atoms with van der Waals surface area (Å²) in [5, 5.41) is 6.25. The molecular weight excluding hydrogens is 248 g/mol. The standard InChI is InChI=1S/C17H28N2O/c1-14(2)11-13-19-17(20)15(3)18-12-7-10-16-8-5-4-6-9-16/h4-6,8-9,14-15,18H,7,10-13H2,1-3H3,(H,19,20). The van der Waals surface area contributed by atoms with Crippen LogP contribution < -0.4 is 10.6 Å². The third kappa shape index (κ3) is 7.29. The number of benzene rings is 1. The Morgan fingerprint density at radius 3 is 2.45 bits per heavy atom. The molecule has 1 rings (SSSR count). The van der Waals surface area contributed by atoms with Gasteiger partial charge in [-0.3, -0.25) is 4.79 Å². The number of hydrogen-bond acceptors (Lipinski definition) is 2. The molecule has 0 aromatic heterocycles. The van der Waals surface area contributed by atoms with Crippen molar-refractivity contribution in [1.29, 1.82) is 0 Å². The largest absolute Gasteiger partial charge is 0.355 e. The van der Waals surface area contributed by atoms with Gasteiger partial charge in [0.15, 0.2) is 0 Å². The van der Waals surface area contributed by atoms with Crippen molar-refractivity contribution in [2.75, 3.05) is 13.1 Å². The normalized spacial score (nSPS) is 12.4. The van der Waals surface area contributed by atoms with Crippen LogP contribution in [0.1, 0.15) is 39.2 Å². The van der Waals surface area contributed by atoms with Crippen LogP contribution in [0.25, 0.3) is 0 Å². The molecule has 0 bridgehead atoms. The fraction of sp³-hybridized carbons (Fsp3) is 0.588. The number of rotatable bonds is 9. The van der Waals surface area contributed by atoms with E-state index in [9.17, 15) is 4.79 Å². The molecule has 0 radical (unpaired) electrons. The second kappa shape index (κ2) is 9.54. The highest BCUT2D eigenvalue weighted by atomic mass is 16.2. The van der Waals surface area contributed by atoms with Crippen molar-refractivity contribution in [3.63, 3.8) is 0 Å². The van der Waals surface area contributed by atoms with Crippen molar-refractivity contribution < 1.29 is 4.79 Å². The van der Waals surface area contributed by atoms with Crippen molar-refractivity contribution in [3.8, 4) is 0 Å². The van der Waals surface area contributed by atoms with Crippen molar-refractivity contribution in [3.05, 3.63) is 35.9 Å². The SMILES string of the molecule is CC(C)CCNC(=O)C(C)NCCCc1ccccc1. The van der Waals surface area contributed by atoms with Gasteiger partial charge in [-0.05, 0) is 44.2 Å². The zero-order chi connectivity index (χ0) is 14.8. The molecule has 0 saturated carbocycles. The number of nitrogens with one attached hydrogen (secondary N) is 2.